The maximum atomic E-state index is 8.68. The third-order valence-corrected chi connectivity index (χ3v) is 1.74. The van der Waals surface area contributed by atoms with Gasteiger partial charge in [0, 0.05) is 5.57 Å². The lowest BCUT2D eigenvalue weighted by atomic mass is 10.1. The van der Waals surface area contributed by atoms with Crippen LogP contribution in [0.15, 0.2) is 28.0 Å². The smallest absolute Gasteiger partial charge is 0.103 e. The Labute approximate surface area is 79.8 Å². The van der Waals surface area contributed by atoms with Gasteiger partial charge in [0.25, 0.3) is 0 Å². The van der Waals surface area contributed by atoms with Gasteiger partial charge in [-0.25, -0.2) is 0 Å². The molecule has 14 heavy (non-hydrogen) atoms. The van der Waals surface area contributed by atoms with Gasteiger partial charge in [0.05, 0.1) is 22.4 Å². The van der Waals surface area contributed by atoms with Gasteiger partial charge in [-0.05, 0) is 0 Å². The van der Waals surface area contributed by atoms with Crippen LogP contribution in [-0.2, 0) is 0 Å². The van der Waals surface area contributed by atoms with Gasteiger partial charge < -0.3 is 11.1 Å². The number of allylic oxidation sites excluding steroid dienone is 4. The molecule has 0 aromatic heterocycles. The summed E-state index contributed by atoms with van der Waals surface area (Å²) in [7, 11) is 0. The van der Waals surface area contributed by atoms with E-state index in [-0.39, 0.29) is 28.0 Å². The first-order valence-electron chi connectivity index (χ1n) is 3.43. The summed E-state index contributed by atoms with van der Waals surface area (Å²) in [6.07, 6.45) is 0. The summed E-state index contributed by atoms with van der Waals surface area (Å²) in [5, 5.41) is 34.7. The van der Waals surface area contributed by atoms with E-state index in [1.54, 1.807) is 24.1 Å². The predicted octanol–water partition coefficient (Wildman–Crippen LogP) is 0.246. The van der Waals surface area contributed by atoms with Gasteiger partial charge in [-0.2, -0.15) is 15.8 Å². The molecule has 0 heterocycles. The zero-order valence-electron chi connectivity index (χ0n) is 6.87. The molecule has 0 aromatic carbocycles. The molecule has 0 amide bonds. The highest BCUT2D eigenvalue weighted by Gasteiger charge is 2.26. The lowest BCUT2D eigenvalue weighted by molar-refractivity contribution is 1.33. The van der Waals surface area contributed by atoms with E-state index >= 15 is 0 Å². The predicted molar refractivity (Wildman–Crippen MR) is 47.0 cm³/mol. The zero-order chi connectivity index (χ0) is 10.7. The SMILES string of the molecule is N#CC1=C(N)C(C#N)=C(C#N)C1=C=[N-]. The molecular formula is C9H2N5-. The van der Waals surface area contributed by atoms with Crippen molar-refractivity contribution < 1.29 is 0 Å². The van der Waals surface area contributed by atoms with E-state index in [1.165, 1.54) is 0 Å². The first kappa shape index (κ1) is 9.29. The first-order valence-corrected chi connectivity index (χ1v) is 3.43. The molecule has 0 saturated heterocycles. The molecule has 0 fully saturated rings. The Morgan fingerprint density at radius 3 is 1.79 bits per heavy atom. The van der Waals surface area contributed by atoms with E-state index in [4.69, 9.17) is 26.9 Å². The van der Waals surface area contributed by atoms with Crippen molar-refractivity contribution in [3.8, 4) is 18.2 Å². The van der Waals surface area contributed by atoms with Gasteiger partial charge in [-0.1, -0.05) is 0 Å². The second-order valence-corrected chi connectivity index (χ2v) is 2.36. The van der Waals surface area contributed by atoms with E-state index in [0.717, 1.165) is 0 Å². The fraction of sp³-hybridized carbons (Fsp3) is 0. The summed E-state index contributed by atoms with van der Waals surface area (Å²) in [5.41, 5.74) is 4.90. The van der Waals surface area contributed by atoms with Crippen molar-refractivity contribution in [2.45, 2.75) is 0 Å². The lowest BCUT2D eigenvalue weighted by Gasteiger charge is -1.94. The zero-order valence-corrected chi connectivity index (χ0v) is 6.87. The Kier molecular flexibility index (Phi) is 2.18. The lowest BCUT2D eigenvalue weighted by Crippen LogP contribution is -1.99. The van der Waals surface area contributed by atoms with E-state index in [2.05, 4.69) is 0 Å². The summed E-state index contributed by atoms with van der Waals surface area (Å²) in [5.74, 6) is 1.69. The highest BCUT2D eigenvalue weighted by Crippen LogP contribution is 2.31. The molecule has 5 heteroatoms. The number of nitriles is 3. The van der Waals surface area contributed by atoms with Gasteiger partial charge in [-0.15, -0.1) is 0 Å². The molecule has 5 nitrogen and oxygen atoms in total. The van der Waals surface area contributed by atoms with Crippen LogP contribution >= 0.6 is 0 Å². The van der Waals surface area contributed by atoms with Crippen LogP contribution in [0, 0.1) is 34.0 Å². The highest BCUT2D eigenvalue weighted by molar-refractivity contribution is 5.86. The van der Waals surface area contributed by atoms with Crippen LogP contribution in [0.3, 0.4) is 0 Å². The fourth-order valence-corrected chi connectivity index (χ4v) is 1.10. The molecule has 0 aliphatic heterocycles. The number of hydrogen-bond donors (Lipinski definition) is 1. The third-order valence-electron chi connectivity index (χ3n) is 1.74. The van der Waals surface area contributed by atoms with Gasteiger partial charge in [0.2, 0.25) is 0 Å². The second kappa shape index (κ2) is 3.29. The van der Waals surface area contributed by atoms with Crippen molar-refractivity contribution in [3.63, 3.8) is 0 Å². The van der Waals surface area contributed by atoms with Crippen molar-refractivity contribution in [2.24, 2.45) is 5.73 Å². The van der Waals surface area contributed by atoms with E-state index in [9.17, 15) is 0 Å². The van der Waals surface area contributed by atoms with Crippen molar-refractivity contribution in [2.75, 3.05) is 0 Å². The number of hydrogen-bond acceptors (Lipinski definition) is 4. The number of nitrogens with two attached hydrogens (primary N) is 1. The van der Waals surface area contributed by atoms with Crippen molar-refractivity contribution in [1.29, 1.82) is 15.8 Å². The Morgan fingerprint density at radius 2 is 1.43 bits per heavy atom. The molecule has 1 aliphatic rings. The molecular weight excluding hydrogens is 178 g/mol. The van der Waals surface area contributed by atoms with Crippen LogP contribution in [0.2, 0.25) is 0 Å². The highest BCUT2D eigenvalue weighted by atomic mass is 14.6. The number of rotatable bonds is 0. The molecule has 0 radical (unpaired) electrons. The Morgan fingerprint density at radius 1 is 0.929 bits per heavy atom. The average Bonchev–Trinajstić information content (AvgIpc) is 2.48. The van der Waals surface area contributed by atoms with E-state index in [0.29, 0.717) is 0 Å². The Bertz CT molecular complexity index is 535. The quantitative estimate of drug-likeness (QED) is 0.537. The second-order valence-electron chi connectivity index (χ2n) is 2.36. The molecule has 0 bridgehead atoms. The summed E-state index contributed by atoms with van der Waals surface area (Å²) in [6, 6.07) is 5.07. The molecule has 0 unspecified atom stereocenters. The molecule has 0 spiro atoms. The summed E-state index contributed by atoms with van der Waals surface area (Å²) in [4.78, 5) is 0. The van der Waals surface area contributed by atoms with Gasteiger partial charge in [0.1, 0.15) is 18.2 Å². The van der Waals surface area contributed by atoms with Crippen LogP contribution in [0.1, 0.15) is 0 Å². The minimum absolute atomic E-state index is 0.0944. The summed E-state index contributed by atoms with van der Waals surface area (Å²) >= 11 is 0. The molecule has 64 valence electrons. The summed E-state index contributed by atoms with van der Waals surface area (Å²) < 4.78 is 0. The maximum Gasteiger partial charge on any atom is 0.103 e. The Hall–Kier alpha value is -2.80. The summed E-state index contributed by atoms with van der Waals surface area (Å²) in [6.45, 7) is 0. The van der Waals surface area contributed by atoms with Crippen molar-refractivity contribution in [3.05, 3.63) is 33.4 Å². The third kappa shape index (κ3) is 0.974. The van der Waals surface area contributed by atoms with Gasteiger partial charge in [0.15, 0.2) is 0 Å². The molecule has 1 aliphatic carbocycles. The van der Waals surface area contributed by atoms with Crippen LogP contribution in [-0.4, -0.2) is 5.87 Å². The fourth-order valence-electron chi connectivity index (χ4n) is 1.10. The van der Waals surface area contributed by atoms with Crippen LogP contribution < -0.4 is 5.73 Å². The number of nitrogens with zero attached hydrogens (tertiary/aromatic N) is 4. The Balaban J connectivity index is 3.64. The monoisotopic (exact) mass is 180 g/mol. The topological polar surface area (TPSA) is 120 Å². The molecule has 1 rings (SSSR count). The normalized spacial score (nSPS) is 14.5. The minimum atomic E-state index is -0.121. The van der Waals surface area contributed by atoms with Crippen molar-refractivity contribution >= 4 is 5.87 Å². The van der Waals surface area contributed by atoms with Crippen LogP contribution in [0.4, 0.5) is 0 Å². The average molecular weight is 180 g/mol. The standard InChI is InChI=1S/C9H2N5/c10-1-5-6(2-11)8(4-13)9(14)7(5)3-12/h14H2/q-1. The molecule has 2 N–H and O–H groups in total. The van der Waals surface area contributed by atoms with Crippen LogP contribution in [0.25, 0.3) is 5.41 Å². The van der Waals surface area contributed by atoms with E-state index in [1.807, 2.05) is 0 Å². The van der Waals surface area contributed by atoms with Gasteiger partial charge in [-0.3, -0.25) is 5.87 Å². The molecule has 0 saturated carbocycles. The minimum Gasteiger partial charge on any atom is -0.763 e. The maximum absolute atomic E-state index is 8.68. The van der Waals surface area contributed by atoms with Crippen molar-refractivity contribution in [1.82, 2.24) is 0 Å². The molecule has 0 aromatic rings. The largest absolute Gasteiger partial charge is 0.763 e. The first-order chi connectivity index (χ1) is 6.71. The van der Waals surface area contributed by atoms with Crippen LogP contribution in [0.5, 0.6) is 0 Å². The molecule has 0 atom stereocenters. The van der Waals surface area contributed by atoms with E-state index < -0.39 is 0 Å². The van der Waals surface area contributed by atoms with Gasteiger partial charge >= 0.3 is 0 Å².